The number of hydrogen-bond donors (Lipinski definition) is 3. The van der Waals surface area contributed by atoms with Gasteiger partial charge in [-0.2, -0.15) is 0 Å². The number of rotatable bonds is 3. The molecule has 0 fully saturated rings. The molecule has 0 saturated carbocycles. The van der Waals surface area contributed by atoms with Crippen molar-refractivity contribution in [2.75, 3.05) is 21.1 Å². The van der Waals surface area contributed by atoms with E-state index in [1.165, 1.54) is 4.90 Å². The van der Waals surface area contributed by atoms with Crippen LogP contribution < -0.4 is 11.1 Å². The van der Waals surface area contributed by atoms with Crippen LogP contribution in [0.5, 0.6) is 0 Å². The highest BCUT2D eigenvalue weighted by Crippen LogP contribution is 1.94. The van der Waals surface area contributed by atoms with E-state index in [9.17, 15) is 4.79 Å². The van der Waals surface area contributed by atoms with Crippen molar-refractivity contribution in [2.24, 2.45) is 5.73 Å². The van der Waals surface area contributed by atoms with Crippen LogP contribution in [0.2, 0.25) is 0 Å². The number of nitrogens with two attached hydrogens (primary N) is 1. The van der Waals surface area contributed by atoms with Crippen molar-refractivity contribution < 1.29 is 4.79 Å². The van der Waals surface area contributed by atoms with Gasteiger partial charge in [0.1, 0.15) is 5.70 Å². The molecule has 0 atom stereocenters. The lowest BCUT2D eigenvalue weighted by Gasteiger charge is -2.12. The van der Waals surface area contributed by atoms with Gasteiger partial charge < -0.3 is 21.4 Å². The second-order valence-corrected chi connectivity index (χ2v) is 2.42. The van der Waals surface area contributed by atoms with Crippen molar-refractivity contribution >= 4 is 12.1 Å². The Morgan fingerprint density at radius 3 is 2.33 bits per heavy atom. The number of carbonyl (C=O) groups excluding carboxylic acids is 1. The summed E-state index contributed by atoms with van der Waals surface area (Å²) < 4.78 is 0. The standard InChI is InChI=1S/C7H14N4O/c1-10-5(4-8)6(9)7(12)11(2)3/h4,8,10H,9H2,1-3H3/b6-5+,8-4?. The van der Waals surface area contributed by atoms with E-state index in [1.807, 2.05) is 0 Å². The third kappa shape index (κ3) is 2.26. The third-order valence-corrected chi connectivity index (χ3v) is 1.34. The molecule has 4 N–H and O–H groups in total. The lowest BCUT2D eigenvalue weighted by Crippen LogP contribution is -2.31. The minimum Gasteiger partial charge on any atom is -0.393 e. The van der Waals surface area contributed by atoms with Crippen molar-refractivity contribution in [1.82, 2.24) is 10.2 Å². The summed E-state index contributed by atoms with van der Waals surface area (Å²) in [4.78, 5) is 12.6. The number of allylic oxidation sites excluding steroid dienone is 1. The van der Waals surface area contributed by atoms with E-state index < -0.39 is 0 Å². The monoisotopic (exact) mass is 170 g/mol. The van der Waals surface area contributed by atoms with Gasteiger partial charge in [0.2, 0.25) is 0 Å². The first-order valence-corrected chi connectivity index (χ1v) is 3.44. The summed E-state index contributed by atoms with van der Waals surface area (Å²) in [5.41, 5.74) is 5.84. The van der Waals surface area contributed by atoms with E-state index >= 15 is 0 Å². The molecule has 0 aromatic rings. The molecule has 0 aliphatic carbocycles. The zero-order valence-electron chi connectivity index (χ0n) is 7.51. The van der Waals surface area contributed by atoms with Crippen molar-refractivity contribution in [3.8, 4) is 0 Å². The van der Waals surface area contributed by atoms with Gasteiger partial charge in [0.25, 0.3) is 5.91 Å². The first-order valence-electron chi connectivity index (χ1n) is 3.44. The van der Waals surface area contributed by atoms with Gasteiger partial charge in [-0.3, -0.25) is 4.79 Å². The summed E-state index contributed by atoms with van der Waals surface area (Å²) in [6.07, 6.45) is 1.01. The molecule has 0 radical (unpaired) electrons. The zero-order chi connectivity index (χ0) is 9.72. The minimum absolute atomic E-state index is 0.0532. The quantitative estimate of drug-likeness (QED) is 0.380. The van der Waals surface area contributed by atoms with Gasteiger partial charge >= 0.3 is 0 Å². The fourth-order valence-corrected chi connectivity index (χ4v) is 0.641. The molecule has 5 heteroatoms. The molecule has 12 heavy (non-hydrogen) atoms. The molecule has 0 saturated heterocycles. The van der Waals surface area contributed by atoms with E-state index in [4.69, 9.17) is 11.1 Å². The largest absolute Gasteiger partial charge is 0.393 e. The number of carbonyl (C=O) groups is 1. The molecule has 0 unspecified atom stereocenters. The number of hydrogen-bond acceptors (Lipinski definition) is 4. The molecule has 0 rings (SSSR count). The Balaban J connectivity index is 4.74. The van der Waals surface area contributed by atoms with Crippen molar-refractivity contribution in [2.45, 2.75) is 0 Å². The van der Waals surface area contributed by atoms with Crippen molar-refractivity contribution in [3.63, 3.8) is 0 Å². The van der Waals surface area contributed by atoms with Crippen LogP contribution in [0.15, 0.2) is 11.4 Å². The predicted molar refractivity (Wildman–Crippen MR) is 47.8 cm³/mol. The van der Waals surface area contributed by atoms with Crippen LogP contribution in [0.4, 0.5) is 0 Å². The summed E-state index contributed by atoms with van der Waals surface area (Å²) in [6, 6.07) is 0. The lowest BCUT2D eigenvalue weighted by molar-refractivity contribution is -0.124. The average molecular weight is 170 g/mol. The van der Waals surface area contributed by atoms with Crippen LogP contribution in [0.1, 0.15) is 0 Å². The molecule has 0 aromatic carbocycles. The Morgan fingerprint density at radius 2 is 2.08 bits per heavy atom. The Kier molecular flexibility index (Phi) is 3.82. The predicted octanol–water partition coefficient (Wildman–Crippen LogP) is -0.886. The second kappa shape index (κ2) is 4.38. The lowest BCUT2D eigenvalue weighted by atomic mass is 10.3. The van der Waals surface area contributed by atoms with Crippen LogP contribution in [-0.4, -0.2) is 38.2 Å². The first kappa shape index (κ1) is 10.5. The average Bonchev–Trinajstić information content (AvgIpc) is 2.05. The molecule has 0 aliphatic rings. The highest BCUT2D eigenvalue weighted by atomic mass is 16.2. The van der Waals surface area contributed by atoms with Gasteiger partial charge in [-0.15, -0.1) is 0 Å². The molecule has 0 bridgehead atoms. The molecule has 0 aromatic heterocycles. The topological polar surface area (TPSA) is 82.2 Å². The van der Waals surface area contributed by atoms with Gasteiger partial charge in [-0.05, 0) is 0 Å². The van der Waals surface area contributed by atoms with Crippen molar-refractivity contribution in [3.05, 3.63) is 11.4 Å². The maximum absolute atomic E-state index is 11.2. The van der Waals surface area contributed by atoms with E-state index in [2.05, 4.69) is 5.32 Å². The number of nitrogens with zero attached hydrogens (tertiary/aromatic N) is 1. The Hall–Kier alpha value is -1.52. The number of likely N-dealkylation sites (N-methyl/N-ethyl adjacent to an activating group) is 1. The van der Waals surface area contributed by atoms with Gasteiger partial charge in [0.05, 0.1) is 5.70 Å². The van der Waals surface area contributed by atoms with Gasteiger partial charge in [0, 0.05) is 27.4 Å². The van der Waals surface area contributed by atoms with Crippen LogP contribution in [0.25, 0.3) is 0 Å². The van der Waals surface area contributed by atoms with Crippen LogP contribution in [-0.2, 0) is 4.79 Å². The third-order valence-electron chi connectivity index (χ3n) is 1.34. The fraction of sp³-hybridized carbons (Fsp3) is 0.429. The SMILES string of the molecule is CN/C(C=N)=C(/N)C(=O)N(C)C. The Bertz CT molecular complexity index is 219. The summed E-state index contributed by atoms with van der Waals surface area (Å²) in [5.74, 6) is -0.303. The molecule has 0 heterocycles. The summed E-state index contributed by atoms with van der Waals surface area (Å²) in [7, 11) is 4.81. The van der Waals surface area contributed by atoms with Crippen LogP contribution in [0.3, 0.4) is 0 Å². The van der Waals surface area contributed by atoms with Gasteiger partial charge in [0.15, 0.2) is 0 Å². The maximum atomic E-state index is 11.2. The zero-order valence-corrected chi connectivity index (χ0v) is 7.51. The summed E-state index contributed by atoms with van der Waals surface area (Å²) in [5, 5.41) is 9.58. The number of amides is 1. The molecule has 0 spiro atoms. The molecular weight excluding hydrogens is 156 g/mol. The van der Waals surface area contributed by atoms with E-state index in [-0.39, 0.29) is 11.6 Å². The highest BCUT2D eigenvalue weighted by molar-refractivity contribution is 5.97. The Labute approximate surface area is 71.7 Å². The fourth-order valence-electron chi connectivity index (χ4n) is 0.641. The molecule has 0 aliphatic heterocycles. The minimum atomic E-state index is -0.303. The van der Waals surface area contributed by atoms with Crippen LogP contribution in [0, 0.1) is 5.41 Å². The first-order chi connectivity index (χ1) is 5.54. The van der Waals surface area contributed by atoms with E-state index in [1.54, 1.807) is 21.1 Å². The Morgan fingerprint density at radius 1 is 1.58 bits per heavy atom. The molecule has 1 amide bonds. The van der Waals surface area contributed by atoms with Gasteiger partial charge in [-0.1, -0.05) is 0 Å². The van der Waals surface area contributed by atoms with Gasteiger partial charge in [-0.25, -0.2) is 0 Å². The molecule has 68 valence electrons. The summed E-state index contributed by atoms with van der Waals surface area (Å²) in [6.45, 7) is 0. The van der Waals surface area contributed by atoms with Crippen LogP contribution >= 0.6 is 0 Å². The second-order valence-electron chi connectivity index (χ2n) is 2.42. The molecule has 5 nitrogen and oxygen atoms in total. The van der Waals surface area contributed by atoms with E-state index in [0.717, 1.165) is 6.21 Å². The smallest absolute Gasteiger partial charge is 0.271 e. The van der Waals surface area contributed by atoms with E-state index in [0.29, 0.717) is 5.70 Å². The molecular formula is C7H14N4O. The summed E-state index contributed by atoms with van der Waals surface area (Å²) >= 11 is 0. The number of nitrogens with one attached hydrogen (secondary N) is 2. The maximum Gasteiger partial charge on any atom is 0.271 e. The normalized spacial score (nSPS) is 11.6. The highest BCUT2D eigenvalue weighted by Gasteiger charge is 2.10. The van der Waals surface area contributed by atoms with Crippen molar-refractivity contribution in [1.29, 1.82) is 5.41 Å².